The zero-order valence-electron chi connectivity index (χ0n) is 20.7. The molecule has 0 aromatic heterocycles. The Morgan fingerprint density at radius 2 is 1.62 bits per heavy atom. The molecule has 3 rings (SSSR count). The van der Waals surface area contributed by atoms with Crippen LogP contribution in [0.5, 0.6) is 0 Å². The first kappa shape index (κ1) is 28.2. The molecule has 3 aromatic rings. The van der Waals surface area contributed by atoms with Crippen molar-refractivity contribution in [2.45, 2.75) is 39.3 Å². The van der Waals surface area contributed by atoms with Crippen LogP contribution in [-0.4, -0.2) is 34.2 Å². The predicted octanol–water partition coefficient (Wildman–Crippen LogP) is 5.86. The number of halogens is 2. The van der Waals surface area contributed by atoms with E-state index < -0.39 is 16.9 Å². The zero-order valence-corrected chi connectivity index (χ0v) is 22.2. The van der Waals surface area contributed by atoms with Gasteiger partial charge in [-0.15, -0.1) is 0 Å². The number of para-hydroxylation sites is 1. The van der Waals surface area contributed by atoms with Gasteiger partial charge in [0.25, 0.3) is 5.69 Å². The number of hydrogen-bond donors (Lipinski definition) is 1. The molecule has 0 bridgehead atoms. The largest absolute Gasteiger partial charge is 0.354 e. The Morgan fingerprint density at radius 1 is 0.946 bits per heavy atom. The number of nitrogens with zero attached hydrogens (tertiary/aromatic N) is 2. The molecule has 3 aromatic carbocycles. The molecule has 0 aliphatic carbocycles. The number of nitrogens with one attached hydrogen (secondary N) is 1. The number of rotatable bonds is 11. The standard InChI is InChI=1S/C28H29Cl2N3O4/c1-19(2)17-31-28(35)26(15-20-8-4-3-5-9-20)32(18-21-12-13-23(29)24(30)14-21)27(34)16-22-10-6-7-11-25(22)33(36)37/h3-14,19,26H,15-18H2,1-2H3,(H,31,35)/t26-/m1/s1. The highest BCUT2D eigenvalue weighted by Crippen LogP contribution is 2.25. The zero-order chi connectivity index (χ0) is 26.9. The second-order valence-corrected chi connectivity index (χ2v) is 9.99. The molecule has 194 valence electrons. The van der Waals surface area contributed by atoms with Crippen molar-refractivity contribution < 1.29 is 14.5 Å². The number of nitro groups is 1. The van der Waals surface area contributed by atoms with Gasteiger partial charge in [-0.25, -0.2) is 0 Å². The minimum Gasteiger partial charge on any atom is -0.354 e. The fourth-order valence-electron chi connectivity index (χ4n) is 3.91. The normalized spacial score (nSPS) is 11.7. The van der Waals surface area contributed by atoms with E-state index in [1.165, 1.54) is 11.0 Å². The maximum atomic E-state index is 13.8. The van der Waals surface area contributed by atoms with E-state index in [1.54, 1.807) is 36.4 Å². The van der Waals surface area contributed by atoms with Crippen LogP contribution in [0.25, 0.3) is 0 Å². The SMILES string of the molecule is CC(C)CNC(=O)[C@@H](Cc1ccccc1)N(Cc1ccc(Cl)c(Cl)c1)C(=O)Cc1ccccc1[N+](=O)[O-]. The lowest BCUT2D eigenvalue weighted by atomic mass is 10.0. The monoisotopic (exact) mass is 541 g/mol. The molecule has 0 radical (unpaired) electrons. The molecule has 0 heterocycles. The highest BCUT2D eigenvalue weighted by atomic mass is 35.5. The molecule has 1 N–H and O–H groups in total. The van der Waals surface area contributed by atoms with Crippen molar-refractivity contribution in [2.75, 3.05) is 6.54 Å². The number of carbonyl (C=O) groups excluding carboxylic acids is 2. The Bertz CT molecular complexity index is 1250. The van der Waals surface area contributed by atoms with Gasteiger partial charge in [0.15, 0.2) is 0 Å². The number of carbonyl (C=O) groups is 2. The van der Waals surface area contributed by atoms with E-state index in [9.17, 15) is 19.7 Å². The number of amides is 2. The van der Waals surface area contributed by atoms with Gasteiger partial charge in [-0.2, -0.15) is 0 Å². The number of nitro benzene ring substituents is 1. The third-order valence-electron chi connectivity index (χ3n) is 5.82. The highest BCUT2D eigenvalue weighted by Gasteiger charge is 2.31. The Balaban J connectivity index is 2.02. The first-order valence-electron chi connectivity index (χ1n) is 11.9. The molecule has 0 unspecified atom stereocenters. The summed E-state index contributed by atoms with van der Waals surface area (Å²) in [4.78, 5) is 39.8. The second kappa shape index (κ2) is 13.2. The Labute approximate surface area is 226 Å². The van der Waals surface area contributed by atoms with E-state index in [0.717, 1.165) is 5.56 Å². The molecule has 0 aliphatic rings. The third-order valence-corrected chi connectivity index (χ3v) is 6.56. The van der Waals surface area contributed by atoms with Gasteiger partial charge in [-0.3, -0.25) is 19.7 Å². The van der Waals surface area contributed by atoms with Gasteiger partial charge in [0.2, 0.25) is 11.8 Å². The Kier molecular flexibility index (Phi) is 10.1. The molecule has 0 aliphatic heterocycles. The quantitative estimate of drug-likeness (QED) is 0.243. The fourth-order valence-corrected chi connectivity index (χ4v) is 4.23. The summed E-state index contributed by atoms with van der Waals surface area (Å²) in [5, 5.41) is 15.2. The average molecular weight is 542 g/mol. The van der Waals surface area contributed by atoms with E-state index in [2.05, 4.69) is 5.32 Å². The minimum absolute atomic E-state index is 0.0724. The summed E-state index contributed by atoms with van der Waals surface area (Å²) in [6, 6.07) is 19.7. The lowest BCUT2D eigenvalue weighted by Gasteiger charge is -2.32. The number of hydrogen-bond acceptors (Lipinski definition) is 4. The summed E-state index contributed by atoms with van der Waals surface area (Å²) in [5.41, 5.74) is 1.69. The fraction of sp³-hybridized carbons (Fsp3) is 0.286. The van der Waals surface area contributed by atoms with Crippen molar-refractivity contribution in [1.82, 2.24) is 10.2 Å². The van der Waals surface area contributed by atoms with E-state index in [0.29, 0.717) is 22.2 Å². The Morgan fingerprint density at radius 3 is 2.27 bits per heavy atom. The third kappa shape index (κ3) is 8.03. The highest BCUT2D eigenvalue weighted by molar-refractivity contribution is 6.42. The van der Waals surface area contributed by atoms with Crippen LogP contribution < -0.4 is 5.32 Å². The first-order chi connectivity index (χ1) is 17.7. The molecule has 0 saturated heterocycles. The molecule has 9 heteroatoms. The van der Waals surface area contributed by atoms with Crippen LogP contribution in [0, 0.1) is 16.0 Å². The van der Waals surface area contributed by atoms with E-state index in [1.807, 2.05) is 44.2 Å². The molecular formula is C28H29Cl2N3O4. The van der Waals surface area contributed by atoms with Gasteiger partial charge in [0.05, 0.1) is 21.4 Å². The van der Waals surface area contributed by atoms with Gasteiger partial charge in [0.1, 0.15) is 6.04 Å². The predicted molar refractivity (Wildman–Crippen MR) is 146 cm³/mol. The minimum atomic E-state index is -0.856. The number of benzene rings is 3. The summed E-state index contributed by atoms with van der Waals surface area (Å²) in [5.74, 6) is -0.498. The molecule has 2 amide bonds. The van der Waals surface area contributed by atoms with E-state index in [-0.39, 0.29) is 42.5 Å². The topological polar surface area (TPSA) is 92.6 Å². The Hall–Kier alpha value is -3.42. The van der Waals surface area contributed by atoms with Crippen molar-refractivity contribution >= 4 is 40.7 Å². The van der Waals surface area contributed by atoms with Crippen LogP contribution in [0.15, 0.2) is 72.8 Å². The molecule has 0 spiro atoms. The molecule has 0 fully saturated rings. The van der Waals surface area contributed by atoms with Crippen LogP contribution in [0.4, 0.5) is 5.69 Å². The van der Waals surface area contributed by atoms with Crippen LogP contribution in [0.2, 0.25) is 10.0 Å². The first-order valence-corrected chi connectivity index (χ1v) is 12.7. The van der Waals surface area contributed by atoms with E-state index >= 15 is 0 Å². The van der Waals surface area contributed by atoms with Crippen LogP contribution in [0.1, 0.15) is 30.5 Å². The van der Waals surface area contributed by atoms with Crippen LogP contribution in [-0.2, 0) is 29.0 Å². The molecule has 0 saturated carbocycles. The van der Waals surface area contributed by atoms with Crippen molar-refractivity contribution in [3.8, 4) is 0 Å². The van der Waals surface area contributed by atoms with Gasteiger partial charge < -0.3 is 10.2 Å². The summed E-state index contributed by atoms with van der Waals surface area (Å²) in [6.07, 6.45) is 0.0376. The van der Waals surface area contributed by atoms with Crippen molar-refractivity contribution in [3.05, 3.63) is 110 Å². The van der Waals surface area contributed by atoms with Crippen molar-refractivity contribution in [1.29, 1.82) is 0 Å². The summed E-state index contributed by atoms with van der Waals surface area (Å²) in [6.45, 7) is 4.49. The van der Waals surface area contributed by atoms with Crippen LogP contribution in [0.3, 0.4) is 0 Å². The molecular weight excluding hydrogens is 513 g/mol. The average Bonchev–Trinajstić information content (AvgIpc) is 2.87. The van der Waals surface area contributed by atoms with Gasteiger partial charge in [-0.1, -0.05) is 91.6 Å². The molecule has 37 heavy (non-hydrogen) atoms. The maximum Gasteiger partial charge on any atom is 0.273 e. The summed E-state index contributed by atoms with van der Waals surface area (Å²) < 4.78 is 0. The second-order valence-electron chi connectivity index (χ2n) is 9.18. The molecule has 1 atom stereocenters. The summed E-state index contributed by atoms with van der Waals surface area (Å²) in [7, 11) is 0. The molecule has 7 nitrogen and oxygen atoms in total. The van der Waals surface area contributed by atoms with Crippen molar-refractivity contribution in [3.63, 3.8) is 0 Å². The van der Waals surface area contributed by atoms with Gasteiger partial charge in [-0.05, 0) is 29.2 Å². The van der Waals surface area contributed by atoms with E-state index in [4.69, 9.17) is 23.2 Å². The van der Waals surface area contributed by atoms with Gasteiger partial charge >= 0.3 is 0 Å². The summed E-state index contributed by atoms with van der Waals surface area (Å²) >= 11 is 12.3. The van der Waals surface area contributed by atoms with Crippen LogP contribution >= 0.6 is 23.2 Å². The maximum absolute atomic E-state index is 13.8. The van der Waals surface area contributed by atoms with Crippen molar-refractivity contribution in [2.24, 2.45) is 5.92 Å². The van der Waals surface area contributed by atoms with Gasteiger partial charge in [0, 0.05) is 31.1 Å². The smallest absolute Gasteiger partial charge is 0.273 e. The lowest BCUT2D eigenvalue weighted by molar-refractivity contribution is -0.385. The lowest BCUT2D eigenvalue weighted by Crippen LogP contribution is -2.51.